The Morgan fingerprint density at radius 1 is 1.50 bits per heavy atom. The first-order chi connectivity index (χ1) is 6.70. The van der Waals surface area contributed by atoms with E-state index in [1.807, 2.05) is 0 Å². The lowest BCUT2D eigenvalue weighted by Crippen LogP contribution is -1.86. The van der Waals surface area contributed by atoms with Crippen molar-refractivity contribution >= 4 is 28.3 Å². The van der Waals surface area contributed by atoms with Crippen LogP contribution >= 0.6 is 15.9 Å². The van der Waals surface area contributed by atoms with E-state index in [-0.39, 0.29) is 5.75 Å². The van der Waals surface area contributed by atoms with Crippen molar-refractivity contribution in [2.75, 3.05) is 7.11 Å². The minimum absolute atomic E-state index is 0.0283. The number of hydrogen-bond acceptors (Lipinski definition) is 3. The lowest BCUT2D eigenvalue weighted by atomic mass is 10.2. The van der Waals surface area contributed by atoms with Crippen LogP contribution in [0.4, 0.5) is 0 Å². The molecule has 0 radical (unpaired) electrons. The van der Waals surface area contributed by atoms with Crippen molar-refractivity contribution in [2.24, 2.45) is 0 Å². The Kier molecular flexibility index (Phi) is 3.71. The molecule has 0 aliphatic heterocycles. The zero-order chi connectivity index (χ0) is 10.6. The fourth-order valence-corrected chi connectivity index (χ4v) is 1.46. The fourth-order valence-electron chi connectivity index (χ4n) is 0.999. The van der Waals surface area contributed by atoms with E-state index in [0.717, 1.165) is 5.56 Å². The van der Waals surface area contributed by atoms with E-state index in [9.17, 15) is 9.90 Å². The van der Waals surface area contributed by atoms with Crippen LogP contribution in [0, 0.1) is 0 Å². The number of carbonyl (C=O) groups is 1. The lowest BCUT2D eigenvalue weighted by molar-refractivity contribution is -0.104. The van der Waals surface area contributed by atoms with Crippen LogP contribution in [-0.4, -0.2) is 18.5 Å². The van der Waals surface area contributed by atoms with Crippen molar-refractivity contribution in [1.82, 2.24) is 0 Å². The Morgan fingerprint density at radius 2 is 2.21 bits per heavy atom. The number of methoxy groups -OCH3 is 1. The molecule has 1 aromatic rings. The molecule has 0 aliphatic carbocycles. The van der Waals surface area contributed by atoms with Gasteiger partial charge in [-0.2, -0.15) is 0 Å². The fraction of sp³-hybridized carbons (Fsp3) is 0.100. The molecular formula is C10H9BrO3. The van der Waals surface area contributed by atoms with Gasteiger partial charge in [-0.05, 0) is 39.7 Å². The molecule has 0 saturated carbocycles. The first-order valence-electron chi connectivity index (χ1n) is 3.88. The summed E-state index contributed by atoms with van der Waals surface area (Å²) < 4.78 is 5.42. The summed E-state index contributed by atoms with van der Waals surface area (Å²) in [5.74, 6) is 0.417. The molecule has 0 unspecified atom stereocenters. The molecule has 1 N–H and O–H groups in total. The van der Waals surface area contributed by atoms with Crippen molar-refractivity contribution in [3.05, 3.63) is 28.2 Å². The summed E-state index contributed by atoms with van der Waals surface area (Å²) in [7, 11) is 1.47. The number of phenolic OH excluding ortho intramolecular Hbond substituents is 1. The Labute approximate surface area is 90.1 Å². The first-order valence-corrected chi connectivity index (χ1v) is 4.67. The van der Waals surface area contributed by atoms with Gasteiger partial charge in [0.25, 0.3) is 0 Å². The van der Waals surface area contributed by atoms with Gasteiger partial charge in [0.15, 0.2) is 11.5 Å². The molecule has 0 spiro atoms. The van der Waals surface area contributed by atoms with Gasteiger partial charge in [-0.15, -0.1) is 0 Å². The summed E-state index contributed by atoms with van der Waals surface area (Å²) >= 11 is 3.20. The molecule has 4 heteroatoms. The molecule has 0 heterocycles. The van der Waals surface area contributed by atoms with Crippen molar-refractivity contribution in [3.8, 4) is 11.5 Å². The minimum atomic E-state index is 0.0283. The number of hydrogen-bond donors (Lipinski definition) is 1. The van der Waals surface area contributed by atoms with Crippen LogP contribution in [0.1, 0.15) is 5.56 Å². The molecule has 74 valence electrons. The second-order valence-corrected chi connectivity index (χ2v) is 3.31. The first kappa shape index (κ1) is 10.8. The topological polar surface area (TPSA) is 46.5 Å². The van der Waals surface area contributed by atoms with E-state index >= 15 is 0 Å². The highest BCUT2D eigenvalue weighted by molar-refractivity contribution is 9.10. The number of carbonyl (C=O) groups excluding carboxylic acids is 1. The predicted molar refractivity (Wildman–Crippen MR) is 57.5 cm³/mol. The predicted octanol–water partition coefficient (Wildman–Crippen LogP) is 2.38. The zero-order valence-electron chi connectivity index (χ0n) is 7.53. The standard InChI is InChI=1S/C10H9BrO3/c1-14-8-5-4-7(3-2-6-12)9(11)10(8)13/h2-6,13H,1H3/b3-2+. The quantitative estimate of drug-likeness (QED) is 0.668. The summed E-state index contributed by atoms with van der Waals surface area (Å²) in [6.07, 6.45) is 3.62. The maximum absolute atomic E-state index is 10.1. The molecule has 0 aromatic heterocycles. The van der Waals surface area contributed by atoms with Crippen molar-refractivity contribution in [3.63, 3.8) is 0 Å². The maximum atomic E-state index is 10.1. The summed E-state index contributed by atoms with van der Waals surface area (Å²) in [6, 6.07) is 3.37. The van der Waals surface area contributed by atoms with Gasteiger partial charge in [-0.25, -0.2) is 0 Å². The number of allylic oxidation sites excluding steroid dienone is 1. The molecular weight excluding hydrogens is 248 g/mol. The summed E-state index contributed by atoms with van der Waals surface area (Å²) in [5.41, 5.74) is 0.718. The van der Waals surface area contributed by atoms with E-state index in [4.69, 9.17) is 4.74 Å². The van der Waals surface area contributed by atoms with Crippen LogP contribution in [0.25, 0.3) is 6.08 Å². The monoisotopic (exact) mass is 256 g/mol. The van der Waals surface area contributed by atoms with Crippen molar-refractivity contribution in [1.29, 1.82) is 0 Å². The smallest absolute Gasteiger partial charge is 0.172 e. The highest BCUT2D eigenvalue weighted by Crippen LogP contribution is 2.36. The van der Waals surface area contributed by atoms with E-state index in [1.165, 1.54) is 13.2 Å². The largest absolute Gasteiger partial charge is 0.503 e. The Morgan fingerprint density at radius 3 is 2.79 bits per heavy atom. The van der Waals surface area contributed by atoms with Crippen LogP contribution in [0.2, 0.25) is 0 Å². The van der Waals surface area contributed by atoms with Crippen LogP contribution < -0.4 is 4.74 Å². The van der Waals surface area contributed by atoms with Gasteiger partial charge in [0.1, 0.15) is 6.29 Å². The molecule has 0 fully saturated rings. The summed E-state index contributed by atoms with van der Waals surface area (Å²) in [6.45, 7) is 0. The van der Waals surface area contributed by atoms with E-state index in [2.05, 4.69) is 15.9 Å². The second kappa shape index (κ2) is 4.81. The Balaban J connectivity index is 3.16. The highest BCUT2D eigenvalue weighted by Gasteiger charge is 2.08. The average Bonchev–Trinajstić information content (AvgIpc) is 2.20. The number of benzene rings is 1. The molecule has 0 atom stereocenters. The lowest BCUT2D eigenvalue weighted by Gasteiger charge is -2.06. The third-order valence-corrected chi connectivity index (χ3v) is 2.52. The van der Waals surface area contributed by atoms with Gasteiger partial charge in [0, 0.05) is 0 Å². The van der Waals surface area contributed by atoms with Gasteiger partial charge < -0.3 is 9.84 Å². The molecule has 0 saturated heterocycles. The van der Waals surface area contributed by atoms with Crippen molar-refractivity contribution < 1.29 is 14.6 Å². The van der Waals surface area contributed by atoms with Gasteiger partial charge in [0.05, 0.1) is 11.6 Å². The minimum Gasteiger partial charge on any atom is -0.503 e. The molecule has 1 rings (SSSR count). The van der Waals surface area contributed by atoms with Crippen LogP contribution in [0.15, 0.2) is 22.7 Å². The highest BCUT2D eigenvalue weighted by atomic mass is 79.9. The number of rotatable bonds is 3. The van der Waals surface area contributed by atoms with Gasteiger partial charge in [-0.1, -0.05) is 6.08 Å². The Bertz CT molecular complexity index is 372. The molecule has 3 nitrogen and oxygen atoms in total. The molecule has 0 bridgehead atoms. The van der Waals surface area contributed by atoms with Gasteiger partial charge in [0.2, 0.25) is 0 Å². The van der Waals surface area contributed by atoms with Crippen LogP contribution in [-0.2, 0) is 4.79 Å². The SMILES string of the molecule is COc1ccc(/C=C/C=O)c(Br)c1O. The average molecular weight is 257 g/mol. The normalized spacial score (nSPS) is 10.4. The molecule has 0 aliphatic rings. The van der Waals surface area contributed by atoms with Gasteiger partial charge >= 0.3 is 0 Å². The summed E-state index contributed by atoms with van der Waals surface area (Å²) in [4.78, 5) is 10.1. The number of halogens is 1. The zero-order valence-corrected chi connectivity index (χ0v) is 9.11. The third kappa shape index (κ3) is 2.14. The van der Waals surface area contributed by atoms with E-state index in [0.29, 0.717) is 16.5 Å². The van der Waals surface area contributed by atoms with E-state index in [1.54, 1.807) is 18.2 Å². The molecule has 0 amide bonds. The number of ether oxygens (including phenoxy) is 1. The number of aldehydes is 1. The Hall–Kier alpha value is -1.29. The van der Waals surface area contributed by atoms with Crippen molar-refractivity contribution in [2.45, 2.75) is 0 Å². The van der Waals surface area contributed by atoms with E-state index < -0.39 is 0 Å². The summed E-state index contributed by atoms with van der Waals surface area (Å²) in [5, 5.41) is 9.58. The maximum Gasteiger partial charge on any atom is 0.172 e. The number of phenols is 1. The molecule has 14 heavy (non-hydrogen) atoms. The third-order valence-electron chi connectivity index (χ3n) is 1.68. The van der Waals surface area contributed by atoms with Gasteiger partial charge in [-0.3, -0.25) is 4.79 Å². The van der Waals surface area contributed by atoms with Crippen LogP contribution in [0.3, 0.4) is 0 Å². The van der Waals surface area contributed by atoms with Crippen LogP contribution in [0.5, 0.6) is 11.5 Å². The molecule has 1 aromatic carbocycles. The second-order valence-electron chi connectivity index (χ2n) is 2.51. The number of aromatic hydroxyl groups is 1.